The van der Waals surface area contributed by atoms with Gasteiger partial charge in [0.1, 0.15) is 6.23 Å². The van der Waals surface area contributed by atoms with E-state index >= 15 is 0 Å². The van der Waals surface area contributed by atoms with Crippen LogP contribution in [0.3, 0.4) is 0 Å². The highest BCUT2D eigenvalue weighted by molar-refractivity contribution is 6.08. The minimum atomic E-state index is -0.000360. The maximum absolute atomic E-state index is 6.20. The second kappa shape index (κ2) is 8.78. The van der Waals surface area contributed by atoms with Crippen molar-refractivity contribution in [3.63, 3.8) is 0 Å². The van der Waals surface area contributed by atoms with Gasteiger partial charge >= 0.3 is 0 Å². The first-order chi connectivity index (χ1) is 11.0. The van der Waals surface area contributed by atoms with Gasteiger partial charge in [-0.05, 0) is 38.8 Å². The molecular weight excluding hydrogens is 302 g/mol. The molecule has 0 N–H and O–H groups in total. The summed E-state index contributed by atoms with van der Waals surface area (Å²) in [6, 6.07) is 11.3. The zero-order valence-electron chi connectivity index (χ0n) is 14.5. The molecule has 23 heavy (non-hydrogen) atoms. The van der Waals surface area contributed by atoms with Crippen molar-refractivity contribution in [3.8, 4) is 0 Å². The molecule has 1 aliphatic heterocycles. The molecule has 3 radical (unpaired) electrons. The van der Waals surface area contributed by atoms with Gasteiger partial charge in [-0.15, -0.1) is 0 Å². The van der Waals surface area contributed by atoms with Crippen molar-refractivity contribution < 1.29 is 9.47 Å². The smallest absolute Gasteiger partial charge is 0.131 e. The summed E-state index contributed by atoms with van der Waals surface area (Å²) >= 11 is 0. The van der Waals surface area contributed by atoms with Gasteiger partial charge in [-0.1, -0.05) is 42.5 Å². The number of ether oxygens (including phenoxy) is 2. The fraction of sp³-hybridized carbons (Fsp3) is 0.579. The molecular formula is C19H28NO2Si. The summed E-state index contributed by atoms with van der Waals surface area (Å²) in [6.07, 6.45) is 5.45. The van der Waals surface area contributed by atoms with Crippen LogP contribution in [-0.4, -0.2) is 52.8 Å². The van der Waals surface area contributed by atoms with Crippen molar-refractivity contribution in [1.82, 2.24) is 4.90 Å². The van der Waals surface area contributed by atoms with Crippen LogP contribution >= 0.6 is 0 Å². The molecule has 0 aliphatic carbocycles. The third-order valence-corrected chi connectivity index (χ3v) is 4.28. The third kappa shape index (κ3) is 5.88. The Kier molecular flexibility index (Phi) is 7.02. The fourth-order valence-electron chi connectivity index (χ4n) is 2.68. The van der Waals surface area contributed by atoms with Gasteiger partial charge in [0.15, 0.2) is 0 Å². The van der Waals surface area contributed by atoms with E-state index < -0.39 is 0 Å². The monoisotopic (exact) mass is 330 g/mol. The number of hydrogen-bond donors (Lipinski definition) is 0. The second-order valence-electron chi connectivity index (χ2n) is 6.92. The Bertz CT molecular complexity index is 484. The largest absolute Gasteiger partial charge is 0.379 e. The summed E-state index contributed by atoms with van der Waals surface area (Å²) in [4.78, 5) is 2.39. The first-order valence-corrected chi connectivity index (χ1v) is 9.09. The molecule has 1 aromatic carbocycles. The Morgan fingerprint density at radius 3 is 2.70 bits per heavy atom. The zero-order valence-corrected chi connectivity index (χ0v) is 15.5. The molecule has 3 nitrogen and oxygen atoms in total. The fourth-order valence-corrected chi connectivity index (χ4v) is 2.82. The lowest BCUT2D eigenvalue weighted by Crippen LogP contribution is -2.44. The quantitative estimate of drug-likeness (QED) is 0.564. The highest BCUT2D eigenvalue weighted by Gasteiger charge is 2.37. The summed E-state index contributed by atoms with van der Waals surface area (Å²) in [5.41, 5.74) is 1.26. The zero-order chi connectivity index (χ0) is 16.7. The minimum Gasteiger partial charge on any atom is -0.379 e. The second-order valence-corrected chi connectivity index (χ2v) is 7.42. The van der Waals surface area contributed by atoms with Crippen LogP contribution in [0.1, 0.15) is 32.8 Å². The van der Waals surface area contributed by atoms with Gasteiger partial charge in [-0.25, -0.2) is 0 Å². The molecule has 1 saturated heterocycles. The Morgan fingerprint density at radius 1 is 1.30 bits per heavy atom. The van der Waals surface area contributed by atoms with Gasteiger partial charge in [-0.2, -0.15) is 0 Å². The van der Waals surface area contributed by atoms with Crippen LogP contribution in [0.15, 0.2) is 36.4 Å². The van der Waals surface area contributed by atoms with E-state index in [1.165, 1.54) is 5.56 Å². The molecule has 0 bridgehead atoms. The lowest BCUT2D eigenvalue weighted by molar-refractivity contribution is -0.0241. The summed E-state index contributed by atoms with van der Waals surface area (Å²) in [5.74, 6) is 0. The van der Waals surface area contributed by atoms with Gasteiger partial charge in [0.05, 0.1) is 12.7 Å². The van der Waals surface area contributed by atoms with E-state index in [4.69, 9.17) is 9.47 Å². The van der Waals surface area contributed by atoms with E-state index in [0.29, 0.717) is 6.61 Å². The van der Waals surface area contributed by atoms with Crippen molar-refractivity contribution in [3.05, 3.63) is 42.0 Å². The van der Waals surface area contributed by atoms with E-state index in [1.54, 1.807) is 0 Å². The number of nitrogens with zero attached hydrogens (tertiary/aromatic N) is 1. The average molecular weight is 331 g/mol. The van der Waals surface area contributed by atoms with E-state index in [2.05, 4.69) is 72.3 Å². The third-order valence-electron chi connectivity index (χ3n) is 3.92. The highest BCUT2D eigenvalue weighted by Crippen LogP contribution is 2.27. The van der Waals surface area contributed by atoms with Gasteiger partial charge in [0, 0.05) is 28.9 Å². The Labute approximate surface area is 144 Å². The van der Waals surface area contributed by atoms with Crippen molar-refractivity contribution in [2.75, 3.05) is 19.8 Å². The molecule has 125 valence electrons. The lowest BCUT2D eigenvalue weighted by Gasteiger charge is -2.34. The molecule has 0 spiro atoms. The normalized spacial score (nSPS) is 23.0. The molecule has 1 aromatic rings. The average Bonchev–Trinajstić information content (AvgIpc) is 2.94. The van der Waals surface area contributed by atoms with Crippen LogP contribution < -0.4 is 0 Å². The van der Waals surface area contributed by atoms with Crippen LogP contribution in [0.25, 0.3) is 6.08 Å². The van der Waals surface area contributed by atoms with E-state index in [-0.39, 0.29) is 17.9 Å². The first-order valence-electron chi connectivity index (χ1n) is 8.38. The topological polar surface area (TPSA) is 21.7 Å². The molecule has 4 heteroatoms. The Morgan fingerprint density at radius 2 is 2.04 bits per heavy atom. The first kappa shape index (κ1) is 18.4. The predicted octanol–water partition coefficient (Wildman–Crippen LogP) is 3.52. The van der Waals surface area contributed by atoms with Crippen LogP contribution in [0.4, 0.5) is 0 Å². The summed E-state index contributed by atoms with van der Waals surface area (Å²) < 4.78 is 11.9. The van der Waals surface area contributed by atoms with Crippen LogP contribution in [-0.2, 0) is 9.47 Å². The van der Waals surface area contributed by atoms with Gasteiger partial charge < -0.3 is 9.47 Å². The molecule has 1 aliphatic rings. The van der Waals surface area contributed by atoms with E-state index in [0.717, 1.165) is 25.6 Å². The molecule has 1 fully saturated rings. The minimum absolute atomic E-state index is 0.000360. The number of rotatable bonds is 7. The number of benzene rings is 1. The maximum atomic E-state index is 6.20. The van der Waals surface area contributed by atoms with Crippen molar-refractivity contribution in [2.24, 2.45) is 0 Å². The summed E-state index contributed by atoms with van der Waals surface area (Å²) in [5, 5.41) is 0. The highest BCUT2D eigenvalue weighted by atomic mass is 28.1. The van der Waals surface area contributed by atoms with Gasteiger partial charge in [0.2, 0.25) is 0 Å². The molecule has 1 heterocycles. The standard InChI is InChI=1S/C19H28NO2Si/c1-19(2,3)20-14-17(15-21-12-7-13-23)22-18(20)11-10-16-8-5-4-6-9-16/h4-6,8-11,17-18H,7,12-15H2,1-3H3/b11-10+. The molecule has 0 amide bonds. The van der Waals surface area contributed by atoms with Crippen LogP contribution in [0, 0.1) is 0 Å². The molecule has 0 saturated carbocycles. The van der Waals surface area contributed by atoms with E-state index in [9.17, 15) is 0 Å². The molecule has 2 unspecified atom stereocenters. The van der Waals surface area contributed by atoms with E-state index in [1.807, 2.05) is 6.07 Å². The summed E-state index contributed by atoms with van der Waals surface area (Å²) in [7, 11) is 3.47. The van der Waals surface area contributed by atoms with Crippen LogP contribution in [0.2, 0.25) is 6.04 Å². The number of hydrogen-bond acceptors (Lipinski definition) is 3. The SMILES string of the molecule is CC(C)(C)N1CC(COCCC[Si])OC1/C=C/c1ccccc1. The Balaban J connectivity index is 1.96. The molecule has 2 atom stereocenters. The lowest BCUT2D eigenvalue weighted by atomic mass is 10.1. The molecule has 2 rings (SSSR count). The van der Waals surface area contributed by atoms with Crippen LogP contribution in [0.5, 0.6) is 0 Å². The van der Waals surface area contributed by atoms with Crippen molar-refractivity contribution in [1.29, 1.82) is 0 Å². The predicted molar refractivity (Wildman–Crippen MR) is 96.6 cm³/mol. The molecule has 0 aromatic heterocycles. The Hall–Kier alpha value is -0.943. The summed E-state index contributed by atoms with van der Waals surface area (Å²) in [6.45, 7) is 9.04. The van der Waals surface area contributed by atoms with Gasteiger partial charge in [0.25, 0.3) is 0 Å². The van der Waals surface area contributed by atoms with Crippen molar-refractivity contribution in [2.45, 2.75) is 51.1 Å². The van der Waals surface area contributed by atoms with Gasteiger partial charge in [-0.3, -0.25) is 4.90 Å². The van der Waals surface area contributed by atoms with Crippen molar-refractivity contribution >= 4 is 16.3 Å². The maximum Gasteiger partial charge on any atom is 0.131 e.